The highest BCUT2D eigenvalue weighted by Gasteiger charge is 2.18. The summed E-state index contributed by atoms with van der Waals surface area (Å²) >= 11 is 11.0. The molecule has 0 amide bonds. The molecule has 1 aromatic carbocycles. The van der Waals surface area contributed by atoms with Crippen LogP contribution in [-0.2, 0) is 19.1 Å². The van der Waals surface area contributed by atoms with Gasteiger partial charge in [-0.05, 0) is 18.2 Å². The lowest BCUT2D eigenvalue weighted by atomic mass is 10.2. The minimum absolute atomic E-state index is 0.141. The lowest BCUT2D eigenvalue weighted by molar-refractivity contribution is -0.140. The highest BCUT2D eigenvalue weighted by molar-refractivity contribution is 7.80. The van der Waals surface area contributed by atoms with Crippen molar-refractivity contribution in [3.8, 4) is 0 Å². The molecule has 0 saturated heterocycles. The predicted molar refractivity (Wildman–Crippen MR) is 83.6 cm³/mol. The van der Waals surface area contributed by atoms with Gasteiger partial charge in [0, 0.05) is 5.56 Å². The molecular formula is C13H15ClN2O4S. The number of nitrogens with zero attached hydrogens (tertiary/aromatic N) is 1. The van der Waals surface area contributed by atoms with Crippen LogP contribution in [0.5, 0.6) is 0 Å². The third-order valence-corrected chi connectivity index (χ3v) is 3.21. The van der Waals surface area contributed by atoms with Crippen LogP contribution in [0.3, 0.4) is 0 Å². The zero-order chi connectivity index (χ0) is 16.0. The molecule has 1 rings (SSSR count). The highest BCUT2D eigenvalue weighted by atomic mass is 35.5. The summed E-state index contributed by atoms with van der Waals surface area (Å²) in [6.07, 6.45) is 0. The fourth-order valence-electron chi connectivity index (χ4n) is 1.58. The van der Waals surface area contributed by atoms with Crippen LogP contribution >= 0.6 is 23.8 Å². The van der Waals surface area contributed by atoms with Crippen molar-refractivity contribution in [2.45, 2.75) is 0 Å². The van der Waals surface area contributed by atoms with E-state index < -0.39 is 11.9 Å². The Morgan fingerprint density at radius 1 is 1.24 bits per heavy atom. The van der Waals surface area contributed by atoms with Crippen LogP contribution in [0.1, 0.15) is 5.56 Å². The van der Waals surface area contributed by atoms with Crippen molar-refractivity contribution >= 4 is 46.4 Å². The standard InChI is InChI=1S/C13H15ClN2O4S/c1-19-11(17)6-16(7-12(18)20-2)10-4-3-8(13(15)21)5-9(10)14/h3-5H,6-7H2,1-2H3,(H2,15,21). The fraction of sp³-hybridized carbons (Fsp3) is 0.308. The molecule has 1 aromatic rings. The van der Waals surface area contributed by atoms with Crippen LogP contribution in [0.25, 0.3) is 0 Å². The molecule has 0 unspecified atom stereocenters. The van der Waals surface area contributed by atoms with E-state index in [9.17, 15) is 9.59 Å². The zero-order valence-electron chi connectivity index (χ0n) is 11.6. The summed E-state index contributed by atoms with van der Waals surface area (Å²) < 4.78 is 9.21. The number of hydrogen-bond donors (Lipinski definition) is 1. The van der Waals surface area contributed by atoms with E-state index in [1.54, 1.807) is 18.2 Å². The summed E-state index contributed by atoms with van der Waals surface area (Å²) in [4.78, 5) is 24.6. The Hall–Kier alpha value is -1.86. The van der Waals surface area contributed by atoms with Crippen LogP contribution in [0.15, 0.2) is 18.2 Å². The molecule has 0 bridgehead atoms. The molecule has 114 valence electrons. The third-order valence-electron chi connectivity index (χ3n) is 2.67. The number of nitrogens with two attached hydrogens (primary N) is 1. The van der Waals surface area contributed by atoms with E-state index in [-0.39, 0.29) is 18.1 Å². The maximum absolute atomic E-state index is 11.5. The first-order valence-electron chi connectivity index (χ1n) is 5.87. The number of thiocarbonyl (C=S) groups is 1. The van der Waals surface area contributed by atoms with Gasteiger partial charge < -0.3 is 20.1 Å². The van der Waals surface area contributed by atoms with Gasteiger partial charge in [0.2, 0.25) is 0 Å². The van der Waals surface area contributed by atoms with Gasteiger partial charge in [0.15, 0.2) is 0 Å². The van der Waals surface area contributed by atoms with E-state index in [2.05, 4.69) is 9.47 Å². The molecule has 0 radical (unpaired) electrons. The second-order valence-corrected chi connectivity index (χ2v) is 4.89. The summed E-state index contributed by atoms with van der Waals surface area (Å²) in [5.41, 5.74) is 6.60. The number of hydrogen-bond acceptors (Lipinski definition) is 6. The van der Waals surface area contributed by atoms with Gasteiger partial charge in [0.05, 0.1) is 24.9 Å². The number of rotatable bonds is 6. The van der Waals surface area contributed by atoms with Crippen LogP contribution in [0.2, 0.25) is 5.02 Å². The average Bonchev–Trinajstić information content (AvgIpc) is 2.45. The number of carbonyl (C=O) groups is 2. The van der Waals surface area contributed by atoms with Crippen molar-refractivity contribution in [1.82, 2.24) is 0 Å². The van der Waals surface area contributed by atoms with Crippen molar-refractivity contribution in [2.75, 3.05) is 32.2 Å². The van der Waals surface area contributed by atoms with Gasteiger partial charge in [0.1, 0.15) is 18.1 Å². The quantitative estimate of drug-likeness (QED) is 0.618. The van der Waals surface area contributed by atoms with E-state index in [0.717, 1.165) is 0 Å². The molecule has 0 atom stereocenters. The monoisotopic (exact) mass is 330 g/mol. The Labute approximate surface area is 132 Å². The number of methoxy groups -OCH3 is 2. The minimum Gasteiger partial charge on any atom is -0.468 e. The fourth-order valence-corrected chi connectivity index (χ4v) is 2.01. The van der Waals surface area contributed by atoms with Crippen LogP contribution in [-0.4, -0.2) is 44.2 Å². The summed E-state index contributed by atoms with van der Waals surface area (Å²) in [6, 6.07) is 4.86. The molecule has 0 aliphatic rings. The second-order valence-electron chi connectivity index (χ2n) is 4.04. The van der Waals surface area contributed by atoms with E-state index >= 15 is 0 Å². The van der Waals surface area contributed by atoms with Gasteiger partial charge in [-0.15, -0.1) is 0 Å². The molecule has 0 spiro atoms. The Morgan fingerprint density at radius 3 is 2.14 bits per heavy atom. The van der Waals surface area contributed by atoms with Crippen LogP contribution in [0.4, 0.5) is 5.69 Å². The van der Waals surface area contributed by atoms with Gasteiger partial charge in [-0.3, -0.25) is 9.59 Å². The largest absolute Gasteiger partial charge is 0.468 e. The summed E-state index contributed by atoms with van der Waals surface area (Å²) in [7, 11) is 2.52. The van der Waals surface area contributed by atoms with E-state index in [1.165, 1.54) is 19.1 Å². The number of anilines is 1. The smallest absolute Gasteiger partial charge is 0.325 e. The summed E-state index contributed by atoms with van der Waals surface area (Å²) in [5.74, 6) is -1.01. The molecule has 2 N–H and O–H groups in total. The SMILES string of the molecule is COC(=O)CN(CC(=O)OC)c1ccc(C(N)=S)cc1Cl. The number of carbonyl (C=O) groups excluding carboxylic acids is 2. The zero-order valence-corrected chi connectivity index (χ0v) is 13.2. The molecule has 8 heteroatoms. The molecule has 21 heavy (non-hydrogen) atoms. The Balaban J connectivity index is 3.09. The molecule has 0 heterocycles. The van der Waals surface area contributed by atoms with E-state index in [4.69, 9.17) is 29.6 Å². The Bertz CT molecular complexity index is 547. The molecule has 0 saturated carbocycles. The van der Waals surface area contributed by atoms with Crippen molar-refractivity contribution in [3.63, 3.8) is 0 Å². The number of ether oxygens (including phenoxy) is 2. The van der Waals surface area contributed by atoms with Crippen molar-refractivity contribution in [2.24, 2.45) is 5.73 Å². The topological polar surface area (TPSA) is 81.9 Å². The number of esters is 2. The lowest BCUT2D eigenvalue weighted by Crippen LogP contribution is -2.35. The molecule has 0 aliphatic heterocycles. The molecule has 0 aromatic heterocycles. The minimum atomic E-state index is -0.506. The maximum atomic E-state index is 11.5. The molecular weight excluding hydrogens is 316 g/mol. The number of benzene rings is 1. The van der Waals surface area contributed by atoms with Gasteiger partial charge >= 0.3 is 11.9 Å². The van der Waals surface area contributed by atoms with Crippen molar-refractivity contribution in [3.05, 3.63) is 28.8 Å². The molecule has 0 fully saturated rings. The van der Waals surface area contributed by atoms with Gasteiger partial charge in [0.25, 0.3) is 0 Å². The average molecular weight is 331 g/mol. The van der Waals surface area contributed by atoms with Crippen LogP contribution in [0, 0.1) is 0 Å². The first-order chi connectivity index (χ1) is 9.88. The van der Waals surface area contributed by atoms with E-state index in [0.29, 0.717) is 16.3 Å². The van der Waals surface area contributed by atoms with Gasteiger partial charge in [-0.1, -0.05) is 23.8 Å². The maximum Gasteiger partial charge on any atom is 0.325 e. The van der Waals surface area contributed by atoms with E-state index in [1.807, 2.05) is 0 Å². The summed E-state index contributed by atoms with van der Waals surface area (Å²) in [5, 5.41) is 0.313. The van der Waals surface area contributed by atoms with Crippen LogP contribution < -0.4 is 10.6 Å². The van der Waals surface area contributed by atoms with Crippen molar-refractivity contribution in [1.29, 1.82) is 0 Å². The van der Waals surface area contributed by atoms with Gasteiger partial charge in [-0.2, -0.15) is 0 Å². The second kappa shape index (κ2) is 7.80. The predicted octanol–water partition coefficient (Wildman–Crippen LogP) is 1.13. The third kappa shape index (κ3) is 4.87. The summed E-state index contributed by atoms with van der Waals surface area (Å²) in [6.45, 7) is -0.282. The number of halogens is 1. The highest BCUT2D eigenvalue weighted by Crippen LogP contribution is 2.27. The molecule has 0 aliphatic carbocycles. The Kier molecular flexibility index (Phi) is 6.39. The van der Waals surface area contributed by atoms with Crippen molar-refractivity contribution < 1.29 is 19.1 Å². The Morgan fingerprint density at radius 2 is 1.76 bits per heavy atom. The molecule has 6 nitrogen and oxygen atoms in total. The first-order valence-corrected chi connectivity index (χ1v) is 6.65. The first kappa shape index (κ1) is 17.2. The van der Waals surface area contributed by atoms with Gasteiger partial charge in [-0.25, -0.2) is 0 Å². The normalized spacial score (nSPS) is 9.86. The lowest BCUT2D eigenvalue weighted by Gasteiger charge is -2.23.